The van der Waals surface area contributed by atoms with Gasteiger partial charge in [-0.3, -0.25) is 4.79 Å². The van der Waals surface area contributed by atoms with Gasteiger partial charge in [0, 0.05) is 5.56 Å². The Bertz CT molecular complexity index is 964. The number of phenols is 1. The van der Waals surface area contributed by atoms with Crippen LogP contribution in [0.2, 0.25) is 0 Å². The number of nitrogens with zero attached hydrogens (tertiary/aromatic N) is 1. The van der Waals surface area contributed by atoms with E-state index in [0.717, 1.165) is 16.3 Å². The van der Waals surface area contributed by atoms with E-state index in [4.69, 9.17) is 4.74 Å². The minimum Gasteiger partial charge on any atom is -0.507 e. The van der Waals surface area contributed by atoms with Crippen LogP contribution in [0.25, 0.3) is 10.8 Å². The number of ether oxygens (including phenoxy) is 1. The predicted molar refractivity (Wildman–Crippen MR) is 98.3 cm³/mol. The van der Waals surface area contributed by atoms with Crippen LogP contribution in [-0.4, -0.2) is 23.8 Å². The van der Waals surface area contributed by atoms with Crippen molar-refractivity contribution in [2.75, 3.05) is 7.11 Å². The summed E-state index contributed by atoms with van der Waals surface area (Å²) in [5.74, 6) is 0.168. The SMILES string of the molecule is COc1cccc(/C(C)=N/NC(=O)c2cc3ccccc3cc2O)c1. The van der Waals surface area contributed by atoms with Crippen LogP contribution in [0.3, 0.4) is 0 Å². The lowest BCUT2D eigenvalue weighted by atomic mass is 10.1. The van der Waals surface area contributed by atoms with Crippen LogP contribution < -0.4 is 10.2 Å². The molecule has 0 aliphatic carbocycles. The highest BCUT2D eigenvalue weighted by atomic mass is 16.5. The number of benzene rings is 3. The zero-order valence-electron chi connectivity index (χ0n) is 14.0. The van der Waals surface area contributed by atoms with Crippen LogP contribution >= 0.6 is 0 Å². The molecule has 1 amide bonds. The fraction of sp³-hybridized carbons (Fsp3) is 0.100. The third-order valence-electron chi connectivity index (χ3n) is 3.92. The van der Waals surface area contributed by atoms with E-state index in [1.54, 1.807) is 26.2 Å². The van der Waals surface area contributed by atoms with Crippen LogP contribution in [0.15, 0.2) is 65.8 Å². The lowest BCUT2D eigenvalue weighted by Crippen LogP contribution is -2.19. The van der Waals surface area contributed by atoms with Crippen LogP contribution in [0.4, 0.5) is 0 Å². The molecule has 25 heavy (non-hydrogen) atoms. The Morgan fingerprint density at radius 1 is 1.04 bits per heavy atom. The van der Waals surface area contributed by atoms with E-state index in [1.807, 2.05) is 48.5 Å². The summed E-state index contributed by atoms with van der Waals surface area (Å²) in [7, 11) is 1.59. The number of amides is 1. The molecule has 0 spiro atoms. The summed E-state index contributed by atoms with van der Waals surface area (Å²) >= 11 is 0. The highest BCUT2D eigenvalue weighted by Gasteiger charge is 2.12. The molecule has 126 valence electrons. The molecule has 5 nitrogen and oxygen atoms in total. The molecule has 0 aromatic heterocycles. The lowest BCUT2D eigenvalue weighted by molar-refractivity contribution is 0.0952. The fourth-order valence-corrected chi connectivity index (χ4v) is 2.52. The maximum Gasteiger partial charge on any atom is 0.275 e. The largest absolute Gasteiger partial charge is 0.507 e. The van der Waals surface area contributed by atoms with Gasteiger partial charge in [-0.2, -0.15) is 5.10 Å². The highest BCUT2D eigenvalue weighted by molar-refractivity contribution is 6.03. The molecule has 0 fully saturated rings. The fourth-order valence-electron chi connectivity index (χ4n) is 2.52. The van der Waals surface area contributed by atoms with Crippen LogP contribution in [0.5, 0.6) is 11.5 Å². The van der Waals surface area contributed by atoms with Gasteiger partial charge in [0.2, 0.25) is 0 Å². The molecule has 0 atom stereocenters. The number of fused-ring (bicyclic) bond motifs is 1. The van der Waals surface area contributed by atoms with Gasteiger partial charge < -0.3 is 9.84 Å². The summed E-state index contributed by atoms with van der Waals surface area (Å²) in [6.07, 6.45) is 0. The highest BCUT2D eigenvalue weighted by Crippen LogP contribution is 2.24. The molecule has 0 aliphatic rings. The number of phenolic OH excluding ortho intramolecular Hbond substituents is 1. The van der Waals surface area contributed by atoms with Crippen LogP contribution in [0.1, 0.15) is 22.8 Å². The number of carbonyl (C=O) groups is 1. The minimum absolute atomic E-state index is 0.0783. The number of hydrogen-bond acceptors (Lipinski definition) is 4. The van der Waals surface area contributed by atoms with Gasteiger partial charge in [0.15, 0.2) is 0 Å². The summed E-state index contributed by atoms with van der Waals surface area (Å²) in [6, 6.07) is 18.1. The third kappa shape index (κ3) is 3.61. The van der Waals surface area contributed by atoms with Crippen molar-refractivity contribution in [1.82, 2.24) is 5.43 Å². The Labute approximate surface area is 145 Å². The molecule has 3 rings (SSSR count). The number of hydrazone groups is 1. The standard InChI is InChI=1S/C20H18N2O3/c1-13(14-8-5-9-17(10-14)25-2)21-22-20(24)18-11-15-6-3-4-7-16(15)12-19(18)23/h3-12,23H,1-2H3,(H,22,24)/b21-13+. The minimum atomic E-state index is -0.467. The maximum atomic E-state index is 12.4. The Balaban J connectivity index is 1.83. The second-order valence-electron chi connectivity index (χ2n) is 5.59. The molecule has 0 heterocycles. The summed E-state index contributed by atoms with van der Waals surface area (Å²) in [4.78, 5) is 12.4. The van der Waals surface area contributed by atoms with Gasteiger partial charge in [0.05, 0.1) is 18.4 Å². The summed E-state index contributed by atoms with van der Waals surface area (Å²) in [6.45, 7) is 1.79. The van der Waals surface area contributed by atoms with Crippen molar-refractivity contribution in [2.45, 2.75) is 6.92 Å². The average molecular weight is 334 g/mol. The van der Waals surface area contributed by atoms with Crippen molar-refractivity contribution in [1.29, 1.82) is 0 Å². The molecule has 0 unspecified atom stereocenters. The van der Waals surface area contributed by atoms with Crippen LogP contribution in [0, 0.1) is 0 Å². The number of nitrogens with one attached hydrogen (secondary N) is 1. The molecule has 2 N–H and O–H groups in total. The Morgan fingerprint density at radius 2 is 1.76 bits per heavy atom. The first-order valence-electron chi connectivity index (χ1n) is 7.79. The van der Waals surface area contributed by atoms with E-state index in [2.05, 4.69) is 10.5 Å². The van der Waals surface area contributed by atoms with Crippen molar-refractivity contribution >= 4 is 22.4 Å². The molecule has 0 saturated carbocycles. The van der Waals surface area contributed by atoms with Gasteiger partial charge >= 0.3 is 0 Å². The van der Waals surface area contributed by atoms with E-state index in [1.165, 1.54) is 0 Å². The number of aromatic hydroxyl groups is 1. The topological polar surface area (TPSA) is 70.9 Å². The van der Waals surface area contributed by atoms with Gasteiger partial charge in [-0.05, 0) is 42.0 Å². The Kier molecular flexibility index (Phi) is 4.66. The predicted octanol–water partition coefficient (Wildman–Crippen LogP) is 3.71. The van der Waals surface area contributed by atoms with Crippen LogP contribution in [-0.2, 0) is 0 Å². The number of rotatable bonds is 4. The summed E-state index contributed by atoms with van der Waals surface area (Å²) < 4.78 is 5.18. The first-order valence-corrected chi connectivity index (χ1v) is 7.79. The second-order valence-corrected chi connectivity index (χ2v) is 5.59. The van der Waals surface area contributed by atoms with Gasteiger partial charge in [-0.1, -0.05) is 36.4 Å². The summed E-state index contributed by atoms with van der Waals surface area (Å²) in [5.41, 5.74) is 4.14. The van der Waals surface area contributed by atoms with Crippen molar-refractivity contribution in [3.8, 4) is 11.5 Å². The second kappa shape index (κ2) is 7.05. The quantitative estimate of drug-likeness (QED) is 0.564. The molecule has 0 saturated heterocycles. The molecular formula is C20H18N2O3. The lowest BCUT2D eigenvalue weighted by Gasteiger charge is -2.07. The maximum absolute atomic E-state index is 12.4. The van der Waals surface area contributed by atoms with Crippen molar-refractivity contribution in [3.05, 3.63) is 71.8 Å². The Hall–Kier alpha value is -3.34. The zero-order valence-corrected chi connectivity index (χ0v) is 14.0. The zero-order chi connectivity index (χ0) is 17.8. The van der Waals surface area contributed by atoms with E-state index in [-0.39, 0.29) is 11.3 Å². The van der Waals surface area contributed by atoms with Crippen molar-refractivity contribution in [2.24, 2.45) is 5.10 Å². The van der Waals surface area contributed by atoms with E-state index in [9.17, 15) is 9.90 Å². The first kappa shape index (κ1) is 16.5. The molecule has 3 aromatic rings. The summed E-state index contributed by atoms with van der Waals surface area (Å²) in [5, 5.41) is 16.0. The Morgan fingerprint density at radius 3 is 2.48 bits per heavy atom. The molecule has 0 bridgehead atoms. The van der Waals surface area contributed by atoms with Gasteiger partial charge in [0.25, 0.3) is 5.91 Å². The third-order valence-corrected chi connectivity index (χ3v) is 3.92. The molecule has 0 radical (unpaired) electrons. The normalized spacial score (nSPS) is 11.4. The van der Waals surface area contributed by atoms with E-state index >= 15 is 0 Å². The van der Waals surface area contributed by atoms with Gasteiger partial charge in [-0.15, -0.1) is 0 Å². The number of methoxy groups -OCH3 is 1. The number of carbonyl (C=O) groups excluding carboxylic acids is 1. The number of hydrogen-bond donors (Lipinski definition) is 2. The molecule has 5 heteroatoms. The first-order chi connectivity index (χ1) is 12.1. The monoisotopic (exact) mass is 334 g/mol. The molecular weight excluding hydrogens is 316 g/mol. The molecule has 3 aromatic carbocycles. The van der Waals surface area contributed by atoms with Gasteiger partial charge in [-0.25, -0.2) is 5.43 Å². The molecule has 0 aliphatic heterocycles. The smallest absolute Gasteiger partial charge is 0.275 e. The van der Waals surface area contributed by atoms with Crippen molar-refractivity contribution < 1.29 is 14.6 Å². The van der Waals surface area contributed by atoms with E-state index < -0.39 is 5.91 Å². The van der Waals surface area contributed by atoms with Gasteiger partial charge in [0.1, 0.15) is 11.5 Å². The average Bonchev–Trinajstić information content (AvgIpc) is 2.65. The van der Waals surface area contributed by atoms with Crippen molar-refractivity contribution in [3.63, 3.8) is 0 Å². The van der Waals surface area contributed by atoms with E-state index in [0.29, 0.717) is 11.5 Å².